The summed E-state index contributed by atoms with van der Waals surface area (Å²) in [7, 11) is 0. The van der Waals surface area contributed by atoms with E-state index >= 15 is 0 Å². The molecule has 1 aliphatic rings. The van der Waals surface area contributed by atoms with Crippen LogP contribution in [0.3, 0.4) is 0 Å². The van der Waals surface area contributed by atoms with Gasteiger partial charge in [0.25, 0.3) is 0 Å². The van der Waals surface area contributed by atoms with Crippen LogP contribution in [0.15, 0.2) is 24.3 Å². The number of hydrogen-bond acceptors (Lipinski definition) is 4. The summed E-state index contributed by atoms with van der Waals surface area (Å²) < 4.78 is 0. The van der Waals surface area contributed by atoms with Crippen LogP contribution in [0, 0.1) is 0 Å². The van der Waals surface area contributed by atoms with E-state index in [1.165, 1.54) is 0 Å². The third-order valence-electron chi connectivity index (χ3n) is 3.15. The van der Waals surface area contributed by atoms with E-state index in [2.05, 4.69) is 20.2 Å². The molecule has 0 saturated carbocycles. The lowest BCUT2D eigenvalue weighted by atomic mass is 10.3. The third kappa shape index (κ3) is 3.08. The molecule has 1 aromatic heterocycles. The molecule has 0 atom stereocenters. The molecular weight excluding hydrogens is 283 g/mol. The smallest absolute Gasteiger partial charge is 0.172 e. The Balaban J connectivity index is 0.00000133. The van der Waals surface area contributed by atoms with Crippen molar-refractivity contribution in [2.24, 2.45) is 0 Å². The van der Waals surface area contributed by atoms with Gasteiger partial charge in [-0.15, -0.1) is 12.4 Å². The Morgan fingerprint density at radius 3 is 2.58 bits per heavy atom. The molecule has 0 spiro atoms. The van der Waals surface area contributed by atoms with Gasteiger partial charge in [0.1, 0.15) is 0 Å². The number of nitrogens with one attached hydrogen (secondary N) is 1. The molecule has 2 aromatic rings. The first kappa shape index (κ1) is 14.3. The van der Waals surface area contributed by atoms with E-state index in [1.54, 1.807) is 0 Å². The van der Waals surface area contributed by atoms with E-state index in [1.807, 2.05) is 24.3 Å². The normalized spacial score (nSPS) is 15.9. The van der Waals surface area contributed by atoms with Crippen molar-refractivity contribution in [2.75, 3.05) is 31.1 Å². The Labute approximate surface area is 123 Å². The Morgan fingerprint density at radius 1 is 1.05 bits per heavy atom. The van der Waals surface area contributed by atoms with E-state index in [0.29, 0.717) is 5.15 Å². The zero-order chi connectivity index (χ0) is 12.4. The maximum atomic E-state index is 6.25. The van der Waals surface area contributed by atoms with Gasteiger partial charge >= 0.3 is 0 Å². The van der Waals surface area contributed by atoms with Gasteiger partial charge in [0.15, 0.2) is 11.0 Å². The van der Waals surface area contributed by atoms with Gasteiger partial charge in [0.2, 0.25) is 0 Å². The average molecular weight is 299 g/mol. The zero-order valence-corrected chi connectivity index (χ0v) is 12.0. The number of rotatable bonds is 1. The van der Waals surface area contributed by atoms with Crippen LogP contribution in [0.2, 0.25) is 5.15 Å². The molecule has 6 heteroatoms. The first-order valence-corrected chi connectivity index (χ1v) is 6.60. The minimum atomic E-state index is 0. The van der Waals surface area contributed by atoms with Crippen molar-refractivity contribution in [3.63, 3.8) is 0 Å². The van der Waals surface area contributed by atoms with E-state index < -0.39 is 0 Å². The van der Waals surface area contributed by atoms with Gasteiger partial charge in [-0.05, 0) is 25.1 Å². The predicted octanol–water partition coefficient (Wildman–Crippen LogP) is 2.50. The van der Waals surface area contributed by atoms with Crippen LogP contribution in [0.1, 0.15) is 6.42 Å². The van der Waals surface area contributed by atoms with Crippen molar-refractivity contribution in [1.29, 1.82) is 0 Å². The molecule has 4 nitrogen and oxygen atoms in total. The SMILES string of the molecule is Cl.Clc1nc2ccccc2nc1N1CCCNCC1. The lowest BCUT2D eigenvalue weighted by molar-refractivity contribution is 0.724. The quantitative estimate of drug-likeness (QED) is 0.878. The zero-order valence-electron chi connectivity index (χ0n) is 10.5. The Hall–Kier alpha value is -1.10. The molecule has 2 heterocycles. The average Bonchev–Trinajstić information content (AvgIpc) is 2.66. The number of nitrogens with zero attached hydrogens (tertiary/aromatic N) is 3. The maximum absolute atomic E-state index is 6.25. The molecule has 0 unspecified atom stereocenters. The third-order valence-corrected chi connectivity index (χ3v) is 3.40. The molecule has 0 bridgehead atoms. The van der Waals surface area contributed by atoms with E-state index in [9.17, 15) is 0 Å². The molecule has 102 valence electrons. The minimum Gasteiger partial charge on any atom is -0.353 e. The molecule has 0 amide bonds. The largest absolute Gasteiger partial charge is 0.353 e. The highest BCUT2D eigenvalue weighted by molar-refractivity contribution is 6.32. The summed E-state index contributed by atoms with van der Waals surface area (Å²) in [5, 5.41) is 3.87. The molecular formula is C13H16Cl2N4. The number of anilines is 1. The molecule has 0 radical (unpaired) electrons. The molecule has 0 aliphatic carbocycles. The number of para-hydroxylation sites is 2. The van der Waals surface area contributed by atoms with Crippen molar-refractivity contribution in [3.05, 3.63) is 29.4 Å². The molecule has 1 fully saturated rings. The fourth-order valence-electron chi connectivity index (χ4n) is 2.23. The fourth-order valence-corrected chi connectivity index (χ4v) is 2.48. The van der Waals surface area contributed by atoms with Gasteiger partial charge in [-0.2, -0.15) is 0 Å². The van der Waals surface area contributed by atoms with Crippen molar-refractivity contribution in [2.45, 2.75) is 6.42 Å². The monoisotopic (exact) mass is 298 g/mol. The first-order valence-electron chi connectivity index (χ1n) is 6.22. The summed E-state index contributed by atoms with van der Waals surface area (Å²) in [5.41, 5.74) is 1.74. The number of halogens is 2. The molecule has 1 saturated heterocycles. The van der Waals surface area contributed by atoms with Gasteiger partial charge in [-0.1, -0.05) is 23.7 Å². The van der Waals surface area contributed by atoms with Gasteiger partial charge < -0.3 is 10.2 Å². The number of aromatic nitrogens is 2. The Bertz CT molecular complexity index is 553. The van der Waals surface area contributed by atoms with Crippen LogP contribution in [-0.4, -0.2) is 36.1 Å². The second kappa shape index (κ2) is 6.37. The summed E-state index contributed by atoms with van der Waals surface area (Å²) in [6, 6.07) is 7.82. The molecule has 1 aromatic carbocycles. The Kier molecular flexibility index (Phi) is 4.80. The van der Waals surface area contributed by atoms with Crippen molar-refractivity contribution in [1.82, 2.24) is 15.3 Å². The lowest BCUT2D eigenvalue weighted by Crippen LogP contribution is -2.29. The van der Waals surface area contributed by atoms with E-state index in [4.69, 9.17) is 11.6 Å². The first-order chi connectivity index (χ1) is 8.84. The van der Waals surface area contributed by atoms with E-state index in [-0.39, 0.29) is 12.4 Å². The summed E-state index contributed by atoms with van der Waals surface area (Å²) in [6.45, 7) is 3.91. The van der Waals surface area contributed by atoms with Gasteiger partial charge in [-0.25, -0.2) is 9.97 Å². The number of benzene rings is 1. The Morgan fingerprint density at radius 2 is 1.79 bits per heavy atom. The van der Waals surface area contributed by atoms with Gasteiger partial charge in [0, 0.05) is 19.6 Å². The maximum Gasteiger partial charge on any atom is 0.172 e. The van der Waals surface area contributed by atoms with Crippen LogP contribution >= 0.6 is 24.0 Å². The summed E-state index contributed by atoms with van der Waals surface area (Å²) in [5.74, 6) is 0.805. The van der Waals surface area contributed by atoms with Crippen LogP contribution in [0.4, 0.5) is 5.82 Å². The highest BCUT2D eigenvalue weighted by Gasteiger charge is 2.15. The topological polar surface area (TPSA) is 41.1 Å². The van der Waals surface area contributed by atoms with Crippen molar-refractivity contribution >= 4 is 40.9 Å². The predicted molar refractivity (Wildman–Crippen MR) is 81.5 cm³/mol. The highest BCUT2D eigenvalue weighted by atomic mass is 35.5. The lowest BCUT2D eigenvalue weighted by Gasteiger charge is -2.21. The second-order valence-electron chi connectivity index (χ2n) is 4.42. The highest BCUT2D eigenvalue weighted by Crippen LogP contribution is 2.24. The van der Waals surface area contributed by atoms with Crippen molar-refractivity contribution in [3.8, 4) is 0 Å². The number of fused-ring (bicyclic) bond motifs is 1. The summed E-state index contributed by atoms with van der Waals surface area (Å²) >= 11 is 6.25. The molecule has 3 rings (SSSR count). The van der Waals surface area contributed by atoms with Gasteiger partial charge in [-0.3, -0.25) is 0 Å². The fraction of sp³-hybridized carbons (Fsp3) is 0.385. The standard InChI is InChI=1S/C13H15ClN4.ClH/c14-12-13(18-8-3-6-15-7-9-18)17-11-5-2-1-4-10(11)16-12;/h1-2,4-5,15H,3,6-9H2;1H. The minimum absolute atomic E-state index is 0. The van der Waals surface area contributed by atoms with Gasteiger partial charge in [0.05, 0.1) is 11.0 Å². The van der Waals surface area contributed by atoms with Crippen LogP contribution < -0.4 is 10.2 Å². The van der Waals surface area contributed by atoms with Crippen LogP contribution in [0.5, 0.6) is 0 Å². The summed E-state index contributed by atoms with van der Waals surface area (Å²) in [4.78, 5) is 11.3. The number of hydrogen-bond donors (Lipinski definition) is 1. The molecule has 19 heavy (non-hydrogen) atoms. The van der Waals surface area contributed by atoms with Crippen LogP contribution in [-0.2, 0) is 0 Å². The van der Waals surface area contributed by atoms with E-state index in [0.717, 1.165) is 49.5 Å². The summed E-state index contributed by atoms with van der Waals surface area (Å²) in [6.07, 6.45) is 1.10. The molecule has 1 N–H and O–H groups in total. The second-order valence-corrected chi connectivity index (χ2v) is 4.78. The molecule has 1 aliphatic heterocycles. The van der Waals surface area contributed by atoms with Crippen LogP contribution in [0.25, 0.3) is 11.0 Å². The van der Waals surface area contributed by atoms with Crippen molar-refractivity contribution < 1.29 is 0 Å².